The van der Waals surface area contributed by atoms with Crippen LogP contribution in [0.2, 0.25) is 0 Å². The Kier molecular flexibility index (Phi) is 5.30. The molecule has 0 unspecified atom stereocenters. The van der Waals surface area contributed by atoms with Crippen LogP contribution in [0.4, 0.5) is 13.2 Å². The van der Waals surface area contributed by atoms with Gasteiger partial charge in [-0.3, -0.25) is 0 Å². The summed E-state index contributed by atoms with van der Waals surface area (Å²) in [6, 6.07) is 5.48. The molecule has 0 radical (unpaired) electrons. The molecule has 0 fully saturated rings. The summed E-state index contributed by atoms with van der Waals surface area (Å²) in [5.41, 5.74) is 2.15. The summed E-state index contributed by atoms with van der Waals surface area (Å²) in [6.45, 7) is 1.46. The van der Waals surface area contributed by atoms with E-state index in [9.17, 15) is 18.3 Å². The number of ether oxygens (including phenoxy) is 1. The van der Waals surface area contributed by atoms with Gasteiger partial charge in [-0.2, -0.15) is 5.10 Å². The SMILES string of the molecule is C/C=C1/C=CC(c2ccc(OC(F)(F)F)cc2)=CN1/C(CO)=N\N. The van der Waals surface area contributed by atoms with Crippen LogP contribution in [0.1, 0.15) is 12.5 Å². The van der Waals surface area contributed by atoms with E-state index in [4.69, 9.17) is 5.84 Å². The fourth-order valence-electron chi connectivity index (χ4n) is 2.17. The average Bonchev–Trinajstić information content (AvgIpc) is 2.55. The first kappa shape index (κ1) is 17.6. The van der Waals surface area contributed by atoms with Crippen molar-refractivity contribution in [3.63, 3.8) is 0 Å². The molecule has 1 aliphatic rings. The Hall–Kier alpha value is -2.74. The number of allylic oxidation sites excluding steroid dienone is 4. The van der Waals surface area contributed by atoms with Gasteiger partial charge in [-0.1, -0.05) is 24.3 Å². The first-order valence-corrected chi connectivity index (χ1v) is 6.97. The quantitative estimate of drug-likeness (QED) is 0.384. The number of amidine groups is 1. The summed E-state index contributed by atoms with van der Waals surface area (Å²) in [6.07, 6.45) is 2.37. The molecule has 0 spiro atoms. The maximum atomic E-state index is 12.2. The molecule has 3 N–H and O–H groups in total. The predicted octanol–water partition coefficient (Wildman–Crippen LogP) is 2.97. The minimum absolute atomic E-state index is 0.238. The first-order valence-electron chi connectivity index (χ1n) is 6.97. The third-order valence-corrected chi connectivity index (χ3v) is 3.27. The van der Waals surface area contributed by atoms with Gasteiger partial charge in [-0.25, -0.2) is 0 Å². The van der Waals surface area contributed by atoms with Gasteiger partial charge in [0.1, 0.15) is 12.4 Å². The maximum absolute atomic E-state index is 12.2. The van der Waals surface area contributed by atoms with E-state index in [0.29, 0.717) is 11.1 Å². The largest absolute Gasteiger partial charge is 0.573 e. The second kappa shape index (κ2) is 7.22. The highest BCUT2D eigenvalue weighted by Crippen LogP contribution is 2.28. The number of alkyl halides is 3. The molecule has 24 heavy (non-hydrogen) atoms. The normalized spacial score (nSPS) is 17.2. The van der Waals surface area contributed by atoms with Crippen LogP contribution in [-0.4, -0.2) is 28.8 Å². The molecule has 1 heterocycles. The Bertz CT molecular complexity index is 704. The molecule has 0 saturated heterocycles. The maximum Gasteiger partial charge on any atom is 0.573 e. The van der Waals surface area contributed by atoms with E-state index < -0.39 is 6.36 Å². The molecule has 2 rings (SSSR count). The van der Waals surface area contributed by atoms with Gasteiger partial charge in [0, 0.05) is 11.9 Å². The van der Waals surface area contributed by atoms with Crippen molar-refractivity contribution in [2.45, 2.75) is 13.3 Å². The van der Waals surface area contributed by atoms with Crippen LogP contribution < -0.4 is 10.6 Å². The van der Waals surface area contributed by atoms with Gasteiger partial charge in [-0.05, 0) is 36.3 Å². The monoisotopic (exact) mass is 339 g/mol. The van der Waals surface area contributed by atoms with Gasteiger partial charge in [0.2, 0.25) is 0 Å². The summed E-state index contributed by atoms with van der Waals surface area (Å²) >= 11 is 0. The zero-order valence-corrected chi connectivity index (χ0v) is 12.8. The molecule has 0 bridgehead atoms. The zero-order valence-electron chi connectivity index (χ0n) is 12.8. The highest BCUT2D eigenvalue weighted by Gasteiger charge is 2.31. The Labute approximate surface area is 136 Å². The third kappa shape index (κ3) is 4.17. The van der Waals surface area contributed by atoms with Crippen molar-refractivity contribution in [3.05, 3.63) is 60.0 Å². The standard InChI is InChI=1S/C16H16F3N3O2/c1-2-13-6-3-12(9-22(13)15(10-23)21-20)11-4-7-14(8-5-11)24-16(17,18)19/h2-9,23H,10,20H2,1H3/b13-2-,21-15-. The van der Waals surface area contributed by atoms with Gasteiger partial charge in [0.25, 0.3) is 0 Å². The number of benzene rings is 1. The second-order valence-corrected chi connectivity index (χ2v) is 4.78. The molecule has 0 amide bonds. The van der Waals surface area contributed by atoms with Gasteiger partial charge >= 0.3 is 6.36 Å². The lowest BCUT2D eigenvalue weighted by molar-refractivity contribution is -0.274. The minimum atomic E-state index is -4.73. The molecular weight excluding hydrogens is 323 g/mol. The molecule has 0 atom stereocenters. The Morgan fingerprint density at radius 2 is 1.96 bits per heavy atom. The summed E-state index contributed by atoms with van der Waals surface area (Å²) in [4.78, 5) is 1.61. The number of aliphatic hydroxyl groups is 1. The Balaban J connectivity index is 2.29. The Morgan fingerprint density at radius 3 is 2.46 bits per heavy atom. The van der Waals surface area contributed by atoms with Gasteiger partial charge < -0.3 is 20.6 Å². The van der Waals surface area contributed by atoms with Crippen LogP contribution in [0.15, 0.2) is 59.5 Å². The second-order valence-electron chi connectivity index (χ2n) is 4.78. The number of hydrogen-bond donors (Lipinski definition) is 2. The third-order valence-electron chi connectivity index (χ3n) is 3.27. The lowest BCUT2D eigenvalue weighted by Gasteiger charge is -2.26. The molecular formula is C16H16F3N3O2. The summed E-state index contributed by atoms with van der Waals surface area (Å²) < 4.78 is 40.4. The smallest absolute Gasteiger partial charge is 0.406 e. The number of halogens is 3. The fraction of sp³-hybridized carbons (Fsp3) is 0.188. The van der Waals surface area contributed by atoms with Crippen molar-refractivity contribution in [3.8, 4) is 5.75 Å². The molecule has 1 aromatic carbocycles. The van der Waals surface area contributed by atoms with Crippen LogP contribution in [0.25, 0.3) is 5.57 Å². The van der Waals surface area contributed by atoms with E-state index in [1.165, 1.54) is 24.3 Å². The zero-order chi connectivity index (χ0) is 17.7. The molecule has 1 aromatic rings. The van der Waals surface area contributed by atoms with Crippen LogP contribution in [0.5, 0.6) is 5.75 Å². The van der Waals surface area contributed by atoms with Crippen molar-refractivity contribution in [2.24, 2.45) is 10.9 Å². The molecule has 0 aliphatic carbocycles. The number of hydrogen-bond acceptors (Lipinski definition) is 4. The van der Waals surface area contributed by atoms with Crippen molar-refractivity contribution in [1.29, 1.82) is 0 Å². The van der Waals surface area contributed by atoms with Crippen LogP contribution in [0, 0.1) is 0 Å². The van der Waals surface area contributed by atoms with E-state index in [0.717, 1.165) is 5.70 Å². The molecule has 8 heteroatoms. The molecule has 5 nitrogen and oxygen atoms in total. The van der Waals surface area contributed by atoms with Crippen molar-refractivity contribution in [2.75, 3.05) is 6.61 Å². The van der Waals surface area contributed by atoms with E-state index in [2.05, 4.69) is 9.84 Å². The van der Waals surface area contributed by atoms with E-state index >= 15 is 0 Å². The van der Waals surface area contributed by atoms with Crippen molar-refractivity contribution < 1.29 is 23.0 Å². The number of hydrazone groups is 1. The number of rotatable bonds is 3. The summed E-state index contributed by atoms with van der Waals surface area (Å²) in [5, 5.41) is 12.9. The summed E-state index contributed by atoms with van der Waals surface area (Å²) in [5.74, 6) is 5.22. The number of nitrogens with two attached hydrogens (primary N) is 1. The molecule has 0 aromatic heterocycles. The lowest BCUT2D eigenvalue weighted by Crippen LogP contribution is -2.30. The van der Waals surface area contributed by atoms with Crippen molar-refractivity contribution in [1.82, 2.24) is 4.90 Å². The molecule has 1 aliphatic heterocycles. The predicted molar refractivity (Wildman–Crippen MR) is 84.5 cm³/mol. The van der Waals surface area contributed by atoms with E-state index in [1.807, 2.05) is 13.0 Å². The highest BCUT2D eigenvalue weighted by atomic mass is 19.4. The van der Waals surface area contributed by atoms with Crippen LogP contribution >= 0.6 is 0 Å². The average molecular weight is 339 g/mol. The molecule has 128 valence electrons. The van der Waals surface area contributed by atoms with Gasteiger partial charge in [0.15, 0.2) is 5.84 Å². The lowest BCUT2D eigenvalue weighted by atomic mass is 10.0. The van der Waals surface area contributed by atoms with Crippen LogP contribution in [0.3, 0.4) is 0 Å². The first-order chi connectivity index (χ1) is 11.4. The van der Waals surface area contributed by atoms with Gasteiger partial charge in [0.05, 0.1) is 0 Å². The Morgan fingerprint density at radius 1 is 1.29 bits per heavy atom. The fourth-order valence-corrected chi connectivity index (χ4v) is 2.17. The topological polar surface area (TPSA) is 71.1 Å². The number of aliphatic hydroxyl groups excluding tert-OH is 1. The van der Waals surface area contributed by atoms with E-state index in [1.54, 1.807) is 23.3 Å². The van der Waals surface area contributed by atoms with Crippen LogP contribution in [-0.2, 0) is 0 Å². The van der Waals surface area contributed by atoms with Crippen molar-refractivity contribution >= 4 is 11.4 Å². The van der Waals surface area contributed by atoms with Gasteiger partial charge in [-0.15, -0.1) is 13.2 Å². The summed E-state index contributed by atoms with van der Waals surface area (Å²) in [7, 11) is 0. The molecule has 0 saturated carbocycles. The van der Waals surface area contributed by atoms with E-state index in [-0.39, 0.29) is 18.2 Å². The minimum Gasteiger partial charge on any atom is -0.406 e. The number of nitrogens with zero attached hydrogens (tertiary/aromatic N) is 2. The highest BCUT2D eigenvalue weighted by molar-refractivity contribution is 5.90.